The highest BCUT2D eigenvalue weighted by atomic mass is 32.1. The van der Waals surface area contributed by atoms with Crippen LogP contribution in [0.25, 0.3) is 0 Å². The maximum Gasteiger partial charge on any atom is 0.198 e. The summed E-state index contributed by atoms with van der Waals surface area (Å²) in [6.45, 7) is 7.54. The number of thiophene rings is 1. The second kappa shape index (κ2) is 8.16. The van der Waals surface area contributed by atoms with Crippen LogP contribution in [0.5, 0.6) is 0 Å². The number of hydrogen-bond acceptors (Lipinski definition) is 6. The molecule has 6 nitrogen and oxygen atoms in total. The van der Waals surface area contributed by atoms with Gasteiger partial charge in [-0.3, -0.25) is 9.80 Å². The van der Waals surface area contributed by atoms with E-state index in [0.717, 1.165) is 50.7 Å². The van der Waals surface area contributed by atoms with Gasteiger partial charge in [0.15, 0.2) is 4.77 Å². The average Bonchev–Trinajstić information content (AvgIpc) is 3.19. The highest BCUT2D eigenvalue weighted by molar-refractivity contribution is 7.71. The number of aromatic nitrogens is 3. The molecule has 1 fully saturated rings. The van der Waals surface area contributed by atoms with Gasteiger partial charge in [-0.2, -0.15) is 5.10 Å². The fourth-order valence-electron chi connectivity index (χ4n) is 2.71. The van der Waals surface area contributed by atoms with Crippen LogP contribution < -0.4 is 0 Å². The minimum Gasteiger partial charge on any atom is -0.383 e. The lowest BCUT2D eigenvalue weighted by molar-refractivity contribution is 0.0985. The van der Waals surface area contributed by atoms with E-state index in [4.69, 9.17) is 17.0 Å². The van der Waals surface area contributed by atoms with Gasteiger partial charge < -0.3 is 9.30 Å². The Labute approximate surface area is 145 Å². The summed E-state index contributed by atoms with van der Waals surface area (Å²) >= 11 is 7.31. The first-order valence-corrected chi connectivity index (χ1v) is 9.13. The summed E-state index contributed by atoms with van der Waals surface area (Å²) in [5.74, 6) is 0. The van der Waals surface area contributed by atoms with Crippen molar-refractivity contribution < 1.29 is 4.74 Å². The van der Waals surface area contributed by atoms with Crippen molar-refractivity contribution in [1.82, 2.24) is 24.1 Å². The summed E-state index contributed by atoms with van der Waals surface area (Å²) in [4.78, 5) is 6.37. The molecule has 3 rings (SSSR count). The van der Waals surface area contributed by atoms with Crippen LogP contribution in [0.1, 0.15) is 4.88 Å². The van der Waals surface area contributed by atoms with Gasteiger partial charge in [0.05, 0.1) is 13.3 Å². The predicted molar refractivity (Wildman–Crippen MR) is 94.1 cm³/mol. The molecule has 1 saturated heterocycles. The van der Waals surface area contributed by atoms with E-state index in [1.165, 1.54) is 4.88 Å². The molecule has 126 valence electrons. The number of piperazine rings is 1. The second-order valence-corrected chi connectivity index (χ2v) is 7.11. The van der Waals surface area contributed by atoms with Crippen molar-refractivity contribution in [2.24, 2.45) is 0 Å². The first kappa shape index (κ1) is 16.8. The van der Waals surface area contributed by atoms with Gasteiger partial charge in [-0.25, -0.2) is 4.68 Å². The summed E-state index contributed by atoms with van der Waals surface area (Å²) in [6.07, 6.45) is 1.80. The molecular formula is C15H23N5OS2. The van der Waals surface area contributed by atoms with Gasteiger partial charge in [-0.1, -0.05) is 6.07 Å². The van der Waals surface area contributed by atoms with Gasteiger partial charge in [-0.15, -0.1) is 11.3 Å². The monoisotopic (exact) mass is 353 g/mol. The molecule has 0 bridgehead atoms. The Morgan fingerprint density at radius 1 is 1.26 bits per heavy atom. The molecule has 1 aliphatic heterocycles. The van der Waals surface area contributed by atoms with Gasteiger partial charge in [0.25, 0.3) is 0 Å². The maximum atomic E-state index is 5.48. The molecule has 0 spiro atoms. The lowest BCUT2D eigenvalue weighted by Gasteiger charge is -2.34. The molecule has 0 N–H and O–H groups in total. The SMILES string of the molecule is COCCn1cnn(CN2CCN(Cc3cccs3)CC2)c1=S. The predicted octanol–water partition coefficient (Wildman–Crippen LogP) is 1.90. The summed E-state index contributed by atoms with van der Waals surface area (Å²) < 4.78 is 9.73. The van der Waals surface area contributed by atoms with Crippen molar-refractivity contribution in [2.45, 2.75) is 19.8 Å². The van der Waals surface area contributed by atoms with E-state index < -0.39 is 0 Å². The molecule has 0 saturated carbocycles. The normalized spacial score (nSPS) is 16.9. The van der Waals surface area contributed by atoms with Crippen molar-refractivity contribution in [3.05, 3.63) is 33.5 Å². The quantitative estimate of drug-likeness (QED) is 0.711. The van der Waals surface area contributed by atoms with Crippen LogP contribution in [0.15, 0.2) is 23.8 Å². The van der Waals surface area contributed by atoms with Gasteiger partial charge in [-0.05, 0) is 23.7 Å². The largest absolute Gasteiger partial charge is 0.383 e. The van der Waals surface area contributed by atoms with Crippen molar-refractivity contribution in [1.29, 1.82) is 0 Å². The van der Waals surface area contributed by atoms with Crippen molar-refractivity contribution in [3.63, 3.8) is 0 Å². The lowest BCUT2D eigenvalue weighted by Crippen LogP contribution is -2.46. The van der Waals surface area contributed by atoms with E-state index in [-0.39, 0.29) is 0 Å². The Kier molecular flexibility index (Phi) is 5.96. The highest BCUT2D eigenvalue weighted by Gasteiger charge is 2.18. The third kappa shape index (κ3) is 4.48. The average molecular weight is 354 g/mol. The Morgan fingerprint density at radius 3 is 2.74 bits per heavy atom. The molecule has 0 atom stereocenters. The fourth-order valence-corrected chi connectivity index (χ4v) is 3.70. The number of nitrogens with zero attached hydrogens (tertiary/aromatic N) is 5. The number of hydrogen-bond donors (Lipinski definition) is 0. The standard InChI is InChI=1S/C15H23N5OS2/c1-21-9-8-19-12-16-20(15(19)22)13-18-6-4-17(5-7-18)11-14-3-2-10-23-14/h2-3,10,12H,4-9,11,13H2,1H3. The summed E-state index contributed by atoms with van der Waals surface area (Å²) in [5.41, 5.74) is 0. The minimum atomic E-state index is 0.654. The second-order valence-electron chi connectivity index (χ2n) is 5.71. The third-order valence-corrected chi connectivity index (χ3v) is 5.40. The van der Waals surface area contributed by atoms with E-state index >= 15 is 0 Å². The lowest BCUT2D eigenvalue weighted by atomic mass is 10.3. The summed E-state index contributed by atoms with van der Waals surface area (Å²) in [7, 11) is 1.70. The van der Waals surface area contributed by atoms with Crippen LogP contribution in [0.3, 0.4) is 0 Å². The molecule has 2 aromatic heterocycles. The number of methoxy groups -OCH3 is 1. The van der Waals surface area contributed by atoms with Gasteiger partial charge in [0.1, 0.15) is 6.33 Å². The first-order valence-electron chi connectivity index (χ1n) is 7.84. The third-order valence-electron chi connectivity index (χ3n) is 4.09. The number of rotatable bonds is 7. The summed E-state index contributed by atoms with van der Waals surface area (Å²) in [5, 5.41) is 6.55. The Hall–Kier alpha value is -1.06. The zero-order valence-corrected chi connectivity index (χ0v) is 15.1. The van der Waals surface area contributed by atoms with Crippen molar-refractivity contribution in [2.75, 3.05) is 39.9 Å². The molecule has 0 aliphatic carbocycles. The van der Waals surface area contributed by atoms with Crippen LogP contribution in [0, 0.1) is 4.77 Å². The van der Waals surface area contributed by atoms with Crippen LogP contribution >= 0.6 is 23.6 Å². The van der Waals surface area contributed by atoms with Gasteiger partial charge in [0.2, 0.25) is 0 Å². The zero-order chi connectivity index (χ0) is 16.1. The minimum absolute atomic E-state index is 0.654. The Morgan fingerprint density at radius 2 is 2.04 bits per heavy atom. The molecule has 3 heterocycles. The molecule has 23 heavy (non-hydrogen) atoms. The molecule has 8 heteroatoms. The molecule has 1 aliphatic rings. The van der Waals surface area contributed by atoms with Crippen LogP contribution in [0.4, 0.5) is 0 Å². The molecule has 0 aromatic carbocycles. The van der Waals surface area contributed by atoms with E-state index in [1.807, 2.05) is 20.6 Å². The van der Waals surface area contributed by atoms with E-state index in [9.17, 15) is 0 Å². The number of ether oxygens (including phenoxy) is 1. The van der Waals surface area contributed by atoms with E-state index in [0.29, 0.717) is 6.61 Å². The summed E-state index contributed by atoms with van der Waals surface area (Å²) in [6, 6.07) is 4.33. The maximum absolute atomic E-state index is 5.48. The molecule has 0 radical (unpaired) electrons. The van der Waals surface area contributed by atoms with Crippen molar-refractivity contribution in [3.8, 4) is 0 Å². The highest BCUT2D eigenvalue weighted by Crippen LogP contribution is 2.13. The van der Waals surface area contributed by atoms with Crippen LogP contribution in [0.2, 0.25) is 0 Å². The molecule has 0 amide bonds. The van der Waals surface area contributed by atoms with Crippen LogP contribution in [-0.2, 0) is 24.5 Å². The topological polar surface area (TPSA) is 38.5 Å². The van der Waals surface area contributed by atoms with E-state index in [1.54, 1.807) is 13.4 Å². The Bertz CT molecular complexity index is 643. The van der Waals surface area contributed by atoms with Crippen LogP contribution in [-0.4, -0.2) is 64.0 Å². The zero-order valence-electron chi connectivity index (χ0n) is 13.4. The van der Waals surface area contributed by atoms with Gasteiger partial charge in [0, 0.05) is 51.3 Å². The fraction of sp³-hybridized carbons (Fsp3) is 0.600. The molecular weight excluding hydrogens is 330 g/mol. The smallest absolute Gasteiger partial charge is 0.198 e. The first-order chi connectivity index (χ1) is 11.3. The van der Waals surface area contributed by atoms with Gasteiger partial charge >= 0.3 is 0 Å². The van der Waals surface area contributed by atoms with E-state index in [2.05, 4.69) is 32.4 Å². The molecule has 0 unspecified atom stereocenters. The Balaban J connectivity index is 1.49. The van der Waals surface area contributed by atoms with Crippen molar-refractivity contribution >= 4 is 23.6 Å². The molecule has 2 aromatic rings.